The first-order valence-electron chi connectivity index (χ1n) is 7.03. The van der Waals surface area contributed by atoms with Gasteiger partial charge in [-0.1, -0.05) is 18.9 Å². The number of anilines is 1. The summed E-state index contributed by atoms with van der Waals surface area (Å²) in [7, 11) is 0. The number of rotatable bonds is 1. The van der Waals surface area contributed by atoms with E-state index in [-0.39, 0.29) is 0 Å². The lowest BCUT2D eigenvalue weighted by molar-refractivity contribution is 0.354. The molecule has 0 atom stereocenters. The lowest BCUT2D eigenvalue weighted by Crippen LogP contribution is -2.49. The van der Waals surface area contributed by atoms with Gasteiger partial charge in [0.05, 0.1) is 0 Å². The number of nitrogens with one attached hydrogen (secondary N) is 1. The maximum atomic E-state index is 3.83. The van der Waals surface area contributed by atoms with Crippen LogP contribution in [-0.4, -0.2) is 25.2 Å². The van der Waals surface area contributed by atoms with Gasteiger partial charge in [0.2, 0.25) is 0 Å². The molecule has 1 aromatic rings. The van der Waals surface area contributed by atoms with E-state index in [0.717, 1.165) is 0 Å². The van der Waals surface area contributed by atoms with E-state index in [1.165, 1.54) is 61.0 Å². The van der Waals surface area contributed by atoms with Gasteiger partial charge in [-0.15, -0.1) is 0 Å². The highest BCUT2D eigenvalue weighted by atomic mass is 127. The second-order valence-electron chi connectivity index (χ2n) is 5.67. The third kappa shape index (κ3) is 2.67. The van der Waals surface area contributed by atoms with Gasteiger partial charge in [0, 0.05) is 27.9 Å². The molecular formula is C15H21IN2. The summed E-state index contributed by atoms with van der Waals surface area (Å²) in [6.45, 7) is 3.56. The van der Waals surface area contributed by atoms with Gasteiger partial charge in [0.1, 0.15) is 0 Å². The van der Waals surface area contributed by atoms with Crippen LogP contribution >= 0.6 is 22.6 Å². The summed E-state index contributed by atoms with van der Waals surface area (Å²) in [5.41, 5.74) is 1.80. The predicted octanol–water partition coefficient (Wildman–Crippen LogP) is 3.40. The molecule has 1 aliphatic heterocycles. The first-order chi connectivity index (χ1) is 8.77. The Hall–Kier alpha value is -0.290. The topological polar surface area (TPSA) is 15.3 Å². The lowest BCUT2D eigenvalue weighted by atomic mass is 9.97. The third-order valence-electron chi connectivity index (χ3n) is 4.33. The van der Waals surface area contributed by atoms with E-state index in [9.17, 15) is 0 Å². The number of nitrogens with zero attached hydrogens (tertiary/aromatic N) is 1. The first kappa shape index (κ1) is 12.7. The Morgan fingerprint density at radius 3 is 2.78 bits per heavy atom. The first-order valence-corrected chi connectivity index (χ1v) is 8.11. The Bertz CT molecular complexity index is 413. The molecule has 3 rings (SSSR count). The number of hydrogen-bond acceptors (Lipinski definition) is 2. The van der Waals surface area contributed by atoms with Gasteiger partial charge in [-0.2, -0.15) is 0 Å². The van der Waals surface area contributed by atoms with Crippen LogP contribution in [0.3, 0.4) is 0 Å². The fraction of sp³-hybridized carbons (Fsp3) is 0.600. The molecule has 0 bridgehead atoms. The second kappa shape index (κ2) is 5.37. The van der Waals surface area contributed by atoms with Gasteiger partial charge in [0.15, 0.2) is 0 Å². The summed E-state index contributed by atoms with van der Waals surface area (Å²) in [5.74, 6) is 0. The van der Waals surface area contributed by atoms with Crippen molar-refractivity contribution in [2.45, 2.75) is 37.6 Å². The molecule has 0 aromatic heterocycles. The SMILES string of the molecule is Ic1cccc(N2CCCNC3(CCCC3)C2)c1. The Kier molecular flexibility index (Phi) is 3.80. The van der Waals surface area contributed by atoms with E-state index in [1.807, 2.05) is 0 Å². The van der Waals surface area contributed by atoms with Crippen LogP contribution in [0.5, 0.6) is 0 Å². The standard InChI is InChI=1S/C15H21IN2/c16-13-5-3-6-14(11-13)18-10-4-9-17-15(12-18)7-1-2-8-15/h3,5-6,11,17H,1-2,4,7-10,12H2. The largest absolute Gasteiger partial charge is 0.370 e. The number of hydrogen-bond donors (Lipinski definition) is 1. The molecule has 2 fully saturated rings. The van der Waals surface area contributed by atoms with Crippen molar-refractivity contribution in [1.29, 1.82) is 0 Å². The smallest absolute Gasteiger partial charge is 0.0377 e. The van der Waals surface area contributed by atoms with Crippen LogP contribution < -0.4 is 10.2 Å². The van der Waals surface area contributed by atoms with Crippen LogP contribution in [0.2, 0.25) is 0 Å². The van der Waals surface area contributed by atoms with Crippen LogP contribution in [0.25, 0.3) is 0 Å². The van der Waals surface area contributed by atoms with Gasteiger partial charge in [0.25, 0.3) is 0 Å². The average molecular weight is 356 g/mol. The Morgan fingerprint density at radius 2 is 2.00 bits per heavy atom. The Balaban J connectivity index is 1.82. The zero-order valence-electron chi connectivity index (χ0n) is 10.8. The predicted molar refractivity (Wildman–Crippen MR) is 85.2 cm³/mol. The number of halogens is 1. The second-order valence-corrected chi connectivity index (χ2v) is 6.91. The van der Waals surface area contributed by atoms with Gasteiger partial charge >= 0.3 is 0 Å². The molecule has 1 aromatic carbocycles. The van der Waals surface area contributed by atoms with E-state index >= 15 is 0 Å². The molecule has 18 heavy (non-hydrogen) atoms. The zero-order valence-corrected chi connectivity index (χ0v) is 12.9. The summed E-state index contributed by atoms with van der Waals surface area (Å²) in [6, 6.07) is 8.92. The van der Waals surface area contributed by atoms with Crippen LogP contribution in [0.4, 0.5) is 5.69 Å². The minimum absolute atomic E-state index is 0.401. The van der Waals surface area contributed by atoms with E-state index in [1.54, 1.807) is 0 Å². The van der Waals surface area contributed by atoms with E-state index in [2.05, 4.69) is 57.1 Å². The summed E-state index contributed by atoms with van der Waals surface area (Å²) >= 11 is 2.41. The molecule has 0 amide bonds. The maximum absolute atomic E-state index is 3.83. The summed E-state index contributed by atoms with van der Waals surface area (Å²) in [6.07, 6.45) is 6.76. The summed E-state index contributed by atoms with van der Waals surface area (Å²) < 4.78 is 1.34. The molecule has 1 saturated carbocycles. The van der Waals surface area contributed by atoms with Gasteiger partial charge < -0.3 is 10.2 Å². The number of benzene rings is 1. The van der Waals surface area contributed by atoms with Crippen LogP contribution in [0.1, 0.15) is 32.1 Å². The van der Waals surface area contributed by atoms with E-state index in [4.69, 9.17) is 0 Å². The fourth-order valence-corrected chi connectivity index (χ4v) is 3.93. The van der Waals surface area contributed by atoms with Crippen LogP contribution in [-0.2, 0) is 0 Å². The van der Waals surface area contributed by atoms with Crippen molar-refractivity contribution in [1.82, 2.24) is 5.32 Å². The average Bonchev–Trinajstić information content (AvgIpc) is 2.70. The molecule has 1 N–H and O–H groups in total. The molecule has 1 saturated heterocycles. The van der Waals surface area contributed by atoms with Crippen molar-refractivity contribution in [3.63, 3.8) is 0 Å². The third-order valence-corrected chi connectivity index (χ3v) is 5.00. The molecule has 1 heterocycles. The normalized spacial score (nSPS) is 23.3. The Labute approximate surface area is 123 Å². The van der Waals surface area contributed by atoms with Gasteiger partial charge in [-0.25, -0.2) is 0 Å². The quantitative estimate of drug-likeness (QED) is 0.776. The fourth-order valence-electron chi connectivity index (χ4n) is 3.40. The molecule has 98 valence electrons. The van der Waals surface area contributed by atoms with E-state index in [0.29, 0.717) is 5.54 Å². The van der Waals surface area contributed by atoms with Crippen molar-refractivity contribution in [3.8, 4) is 0 Å². The molecular weight excluding hydrogens is 335 g/mol. The van der Waals surface area contributed by atoms with Gasteiger partial charge in [-0.05, 0) is 66.6 Å². The van der Waals surface area contributed by atoms with E-state index < -0.39 is 0 Å². The molecule has 3 heteroatoms. The van der Waals surface area contributed by atoms with Gasteiger partial charge in [-0.3, -0.25) is 0 Å². The van der Waals surface area contributed by atoms with Crippen molar-refractivity contribution in [2.24, 2.45) is 0 Å². The van der Waals surface area contributed by atoms with Crippen molar-refractivity contribution < 1.29 is 0 Å². The Morgan fingerprint density at radius 1 is 1.17 bits per heavy atom. The van der Waals surface area contributed by atoms with Crippen LogP contribution in [0, 0.1) is 3.57 Å². The molecule has 1 spiro atoms. The zero-order chi connectivity index (χ0) is 12.4. The molecule has 0 unspecified atom stereocenters. The summed E-state index contributed by atoms with van der Waals surface area (Å²) in [4.78, 5) is 2.59. The molecule has 2 aliphatic rings. The van der Waals surface area contributed by atoms with Crippen molar-refractivity contribution in [3.05, 3.63) is 27.8 Å². The lowest BCUT2D eigenvalue weighted by Gasteiger charge is -2.34. The molecule has 2 nitrogen and oxygen atoms in total. The monoisotopic (exact) mass is 356 g/mol. The summed E-state index contributed by atoms with van der Waals surface area (Å²) in [5, 5.41) is 3.83. The minimum Gasteiger partial charge on any atom is -0.370 e. The highest BCUT2D eigenvalue weighted by molar-refractivity contribution is 14.1. The highest BCUT2D eigenvalue weighted by Crippen LogP contribution is 2.33. The van der Waals surface area contributed by atoms with Crippen molar-refractivity contribution >= 4 is 28.3 Å². The minimum atomic E-state index is 0.401. The highest BCUT2D eigenvalue weighted by Gasteiger charge is 2.36. The van der Waals surface area contributed by atoms with Crippen molar-refractivity contribution in [2.75, 3.05) is 24.5 Å². The molecule has 0 radical (unpaired) electrons. The van der Waals surface area contributed by atoms with Crippen LogP contribution in [0.15, 0.2) is 24.3 Å². The molecule has 1 aliphatic carbocycles. The maximum Gasteiger partial charge on any atom is 0.0377 e.